The minimum absolute atomic E-state index is 0.115. The number of nitrogens with zero attached hydrogens (tertiary/aromatic N) is 1. The predicted octanol–water partition coefficient (Wildman–Crippen LogP) is 4.12. The Balaban J connectivity index is 1.85. The largest absolute Gasteiger partial charge is 0.497 e. The van der Waals surface area contributed by atoms with E-state index in [1.165, 1.54) is 14.2 Å². The molecule has 34 heavy (non-hydrogen) atoms. The monoisotopic (exact) mass is 460 g/mol. The quantitative estimate of drug-likeness (QED) is 0.506. The lowest BCUT2D eigenvalue weighted by Gasteiger charge is -2.18. The Bertz CT molecular complexity index is 1270. The lowest BCUT2D eigenvalue weighted by atomic mass is 10.0. The van der Waals surface area contributed by atoms with Crippen LogP contribution in [0.15, 0.2) is 72.4 Å². The molecule has 2 amide bonds. The van der Waals surface area contributed by atoms with Gasteiger partial charge in [0.2, 0.25) is 0 Å². The van der Waals surface area contributed by atoms with Crippen molar-refractivity contribution in [2.24, 2.45) is 0 Å². The second-order valence-electron chi connectivity index (χ2n) is 7.29. The molecule has 1 aliphatic rings. The van der Waals surface area contributed by atoms with Crippen LogP contribution in [0.5, 0.6) is 23.0 Å². The van der Waals surface area contributed by atoms with Crippen molar-refractivity contribution in [3.63, 3.8) is 0 Å². The highest BCUT2D eigenvalue weighted by Crippen LogP contribution is 2.39. The average molecular weight is 460 g/mol. The first kappa shape index (κ1) is 22.7. The number of amides is 2. The normalized spacial score (nSPS) is 13.2. The lowest BCUT2D eigenvalue weighted by Crippen LogP contribution is -2.32. The molecular weight excluding hydrogens is 436 g/mol. The van der Waals surface area contributed by atoms with Crippen molar-refractivity contribution in [3.05, 3.63) is 78.0 Å². The van der Waals surface area contributed by atoms with Gasteiger partial charge in [-0.1, -0.05) is 24.3 Å². The maximum atomic E-state index is 13.7. The molecule has 174 valence electrons. The summed E-state index contributed by atoms with van der Waals surface area (Å²) in [5, 5.41) is 3.12. The number of ether oxygens (including phenoxy) is 4. The zero-order chi connectivity index (χ0) is 24.2. The number of methoxy groups -OCH3 is 4. The molecule has 0 radical (unpaired) electrons. The molecule has 0 unspecified atom stereocenters. The minimum Gasteiger partial charge on any atom is -0.497 e. The summed E-state index contributed by atoms with van der Waals surface area (Å²) in [6.07, 6.45) is 0. The fourth-order valence-corrected chi connectivity index (χ4v) is 3.74. The summed E-state index contributed by atoms with van der Waals surface area (Å²) < 4.78 is 21.4. The van der Waals surface area contributed by atoms with Crippen molar-refractivity contribution >= 4 is 28.8 Å². The number of benzene rings is 3. The number of hydrogen-bond acceptors (Lipinski definition) is 7. The van der Waals surface area contributed by atoms with Crippen molar-refractivity contribution in [1.82, 2.24) is 0 Å². The van der Waals surface area contributed by atoms with Gasteiger partial charge in [-0.05, 0) is 42.0 Å². The van der Waals surface area contributed by atoms with Gasteiger partial charge in [0, 0.05) is 6.07 Å². The van der Waals surface area contributed by atoms with Gasteiger partial charge in [0.25, 0.3) is 11.8 Å². The third kappa shape index (κ3) is 4.01. The van der Waals surface area contributed by atoms with E-state index in [-0.39, 0.29) is 11.3 Å². The fraction of sp³-hybridized carbons (Fsp3) is 0.154. The Morgan fingerprint density at radius 1 is 0.676 bits per heavy atom. The van der Waals surface area contributed by atoms with Crippen LogP contribution in [0.3, 0.4) is 0 Å². The first-order valence-corrected chi connectivity index (χ1v) is 10.4. The van der Waals surface area contributed by atoms with Gasteiger partial charge in [0.15, 0.2) is 0 Å². The van der Waals surface area contributed by atoms with Gasteiger partial charge in [0.05, 0.1) is 45.4 Å². The van der Waals surface area contributed by atoms with Crippen LogP contribution >= 0.6 is 0 Å². The molecule has 0 aromatic heterocycles. The summed E-state index contributed by atoms with van der Waals surface area (Å²) in [7, 11) is 6.12. The lowest BCUT2D eigenvalue weighted by molar-refractivity contribution is -0.120. The van der Waals surface area contributed by atoms with E-state index in [2.05, 4.69) is 5.32 Å². The molecule has 8 nitrogen and oxygen atoms in total. The number of anilines is 2. The molecule has 0 bridgehead atoms. The Morgan fingerprint density at radius 2 is 1.32 bits per heavy atom. The molecule has 1 heterocycles. The van der Waals surface area contributed by atoms with Gasteiger partial charge >= 0.3 is 0 Å². The van der Waals surface area contributed by atoms with Gasteiger partial charge < -0.3 is 24.3 Å². The molecule has 3 aromatic carbocycles. The number of hydrogen-bond donors (Lipinski definition) is 1. The highest BCUT2D eigenvalue weighted by molar-refractivity contribution is 6.46. The molecule has 0 fully saturated rings. The van der Waals surface area contributed by atoms with Crippen LogP contribution in [0.25, 0.3) is 5.57 Å². The van der Waals surface area contributed by atoms with Crippen molar-refractivity contribution in [2.45, 2.75) is 0 Å². The summed E-state index contributed by atoms with van der Waals surface area (Å²) in [6.45, 7) is 0. The molecule has 0 saturated carbocycles. The molecule has 1 N–H and O–H groups in total. The molecular formula is C26H24N2O6. The van der Waals surface area contributed by atoms with Crippen LogP contribution in [0.2, 0.25) is 0 Å². The number of nitrogens with one attached hydrogen (secondary N) is 1. The summed E-state index contributed by atoms with van der Waals surface area (Å²) in [5.41, 5.74) is 1.75. The van der Waals surface area contributed by atoms with Crippen LogP contribution in [0, 0.1) is 0 Å². The molecule has 8 heteroatoms. The molecule has 0 saturated heterocycles. The SMILES string of the molecule is COc1ccc(C2=C(Nc3ccc(OC)cc3OC)C(=O)N(c3ccccc3OC)C2=O)cc1. The maximum absolute atomic E-state index is 13.7. The first-order chi connectivity index (χ1) is 16.5. The molecule has 0 atom stereocenters. The number of rotatable bonds is 8. The van der Waals surface area contributed by atoms with Gasteiger partial charge in [-0.25, -0.2) is 4.90 Å². The Morgan fingerprint density at radius 3 is 1.97 bits per heavy atom. The number of carbonyl (C=O) groups is 2. The van der Waals surface area contributed by atoms with Gasteiger partial charge in [0.1, 0.15) is 28.7 Å². The van der Waals surface area contributed by atoms with Crippen molar-refractivity contribution in [1.29, 1.82) is 0 Å². The second kappa shape index (κ2) is 9.58. The maximum Gasteiger partial charge on any atom is 0.282 e. The van der Waals surface area contributed by atoms with E-state index in [1.54, 1.807) is 80.9 Å². The summed E-state index contributed by atoms with van der Waals surface area (Å²) in [4.78, 5) is 28.4. The third-order valence-corrected chi connectivity index (χ3v) is 5.46. The van der Waals surface area contributed by atoms with E-state index in [0.29, 0.717) is 39.9 Å². The van der Waals surface area contributed by atoms with E-state index >= 15 is 0 Å². The van der Waals surface area contributed by atoms with Crippen molar-refractivity contribution in [3.8, 4) is 23.0 Å². The van der Waals surface area contributed by atoms with Crippen LogP contribution in [-0.2, 0) is 9.59 Å². The van der Waals surface area contributed by atoms with Crippen LogP contribution < -0.4 is 29.2 Å². The van der Waals surface area contributed by atoms with Crippen LogP contribution in [-0.4, -0.2) is 40.3 Å². The first-order valence-electron chi connectivity index (χ1n) is 10.4. The minimum atomic E-state index is -0.516. The number of imide groups is 1. The topological polar surface area (TPSA) is 86.3 Å². The zero-order valence-electron chi connectivity index (χ0n) is 19.2. The summed E-state index contributed by atoms with van der Waals surface area (Å²) in [5.74, 6) is 1.09. The van der Waals surface area contributed by atoms with Gasteiger partial charge in [-0.2, -0.15) is 0 Å². The standard InChI is InChI=1S/C26H24N2O6/c1-31-17-11-9-16(10-12-17)23-24(27-19-14-13-18(32-2)15-22(19)34-4)26(30)28(25(23)29)20-7-5-6-8-21(20)33-3/h5-15,27H,1-4H3. The Hall–Kier alpha value is -4.46. The Labute approximate surface area is 197 Å². The summed E-state index contributed by atoms with van der Waals surface area (Å²) >= 11 is 0. The molecule has 0 spiro atoms. The van der Waals surface area contributed by atoms with Crippen LogP contribution in [0.1, 0.15) is 5.56 Å². The third-order valence-electron chi connectivity index (χ3n) is 5.46. The Kier molecular flexibility index (Phi) is 6.40. The van der Waals surface area contributed by atoms with Crippen molar-refractivity contribution < 1.29 is 28.5 Å². The van der Waals surface area contributed by atoms with Gasteiger partial charge in [-0.15, -0.1) is 0 Å². The molecule has 4 rings (SSSR count). The molecule has 1 aliphatic heterocycles. The predicted molar refractivity (Wildman–Crippen MR) is 129 cm³/mol. The molecule has 3 aromatic rings. The highest BCUT2D eigenvalue weighted by Gasteiger charge is 2.41. The average Bonchev–Trinajstić information content (AvgIpc) is 3.12. The number of carbonyl (C=O) groups excluding carboxylic acids is 2. The smallest absolute Gasteiger partial charge is 0.282 e. The second-order valence-corrected chi connectivity index (χ2v) is 7.29. The number of para-hydroxylation sites is 2. The highest BCUT2D eigenvalue weighted by atomic mass is 16.5. The van der Waals surface area contributed by atoms with E-state index in [1.807, 2.05) is 0 Å². The van der Waals surface area contributed by atoms with E-state index in [0.717, 1.165) is 4.90 Å². The van der Waals surface area contributed by atoms with E-state index in [4.69, 9.17) is 18.9 Å². The van der Waals surface area contributed by atoms with E-state index < -0.39 is 11.8 Å². The molecule has 0 aliphatic carbocycles. The fourth-order valence-electron chi connectivity index (χ4n) is 3.74. The van der Waals surface area contributed by atoms with Crippen molar-refractivity contribution in [2.75, 3.05) is 38.7 Å². The zero-order valence-corrected chi connectivity index (χ0v) is 19.2. The van der Waals surface area contributed by atoms with Gasteiger partial charge in [-0.3, -0.25) is 9.59 Å². The van der Waals surface area contributed by atoms with Crippen LogP contribution in [0.4, 0.5) is 11.4 Å². The summed E-state index contributed by atoms with van der Waals surface area (Å²) in [6, 6.07) is 18.9. The van der Waals surface area contributed by atoms with E-state index in [9.17, 15) is 9.59 Å².